The van der Waals surface area contributed by atoms with Gasteiger partial charge in [-0.05, 0) is 44.3 Å². The largest absolute Gasteiger partial charge is 0.383 e. The van der Waals surface area contributed by atoms with Crippen LogP contribution >= 0.6 is 54.8 Å². The highest BCUT2D eigenvalue weighted by Gasteiger charge is 2.14. The van der Waals surface area contributed by atoms with Gasteiger partial charge >= 0.3 is 0 Å². The fourth-order valence-electron chi connectivity index (χ4n) is 1.48. The molecule has 0 fully saturated rings. The molecule has 2 heterocycles. The average molecular weight is 412 g/mol. The summed E-state index contributed by atoms with van der Waals surface area (Å²) in [6.45, 7) is 2.10. The SMILES string of the molecule is CCCc1nc(-c2cc(Br)c(Cl)s2)nc(N)c1Br. The van der Waals surface area contributed by atoms with Crippen LogP contribution in [0.3, 0.4) is 0 Å². The van der Waals surface area contributed by atoms with Gasteiger partial charge in [0, 0.05) is 4.47 Å². The quantitative estimate of drug-likeness (QED) is 0.780. The van der Waals surface area contributed by atoms with Crippen LogP contribution in [0.2, 0.25) is 4.34 Å². The van der Waals surface area contributed by atoms with Gasteiger partial charge in [-0.25, -0.2) is 9.97 Å². The highest BCUT2D eigenvalue weighted by atomic mass is 79.9. The molecule has 0 radical (unpaired) electrons. The minimum atomic E-state index is 0.462. The van der Waals surface area contributed by atoms with Crippen molar-refractivity contribution in [3.63, 3.8) is 0 Å². The Morgan fingerprint density at radius 2 is 2.11 bits per heavy atom. The van der Waals surface area contributed by atoms with Gasteiger partial charge in [0.1, 0.15) is 10.2 Å². The summed E-state index contributed by atoms with van der Waals surface area (Å²) >= 11 is 14.3. The van der Waals surface area contributed by atoms with E-state index in [-0.39, 0.29) is 0 Å². The van der Waals surface area contributed by atoms with Gasteiger partial charge in [-0.2, -0.15) is 0 Å². The normalized spacial score (nSPS) is 10.9. The second-order valence-corrected chi connectivity index (χ2v) is 6.98. The summed E-state index contributed by atoms with van der Waals surface area (Å²) in [7, 11) is 0. The smallest absolute Gasteiger partial charge is 0.172 e. The zero-order chi connectivity index (χ0) is 13.3. The van der Waals surface area contributed by atoms with E-state index in [0.717, 1.165) is 32.4 Å². The highest BCUT2D eigenvalue weighted by molar-refractivity contribution is 9.11. The number of aryl methyl sites for hydroxylation is 1. The lowest BCUT2D eigenvalue weighted by Crippen LogP contribution is -2.02. The average Bonchev–Trinajstić information content (AvgIpc) is 2.65. The number of nitrogens with zero attached hydrogens (tertiary/aromatic N) is 2. The highest BCUT2D eigenvalue weighted by Crippen LogP contribution is 2.37. The van der Waals surface area contributed by atoms with E-state index < -0.39 is 0 Å². The zero-order valence-electron chi connectivity index (χ0n) is 9.51. The summed E-state index contributed by atoms with van der Waals surface area (Å²) in [5, 5.41) is 0. The first-order chi connectivity index (χ1) is 8.52. The van der Waals surface area contributed by atoms with Gasteiger partial charge in [-0.3, -0.25) is 0 Å². The Morgan fingerprint density at radius 1 is 1.39 bits per heavy atom. The first kappa shape index (κ1) is 14.2. The van der Waals surface area contributed by atoms with Gasteiger partial charge in [0.25, 0.3) is 0 Å². The minimum absolute atomic E-state index is 0.462. The van der Waals surface area contributed by atoms with Crippen LogP contribution in [0.1, 0.15) is 19.0 Å². The summed E-state index contributed by atoms with van der Waals surface area (Å²) in [5.74, 6) is 1.08. The third-order valence-electron chi connectivity index (χ3n) is 2.30. The Labute approximate surface area is 131 Å². The van der Waals surface area contributed by atoms with Crippen molar-refractivity contribution >= 4 is 60.6 Å². The van der Waals surface area contributed by atoms with Crippen LogP contribution in [-0.2, 0) is 6.42 Å². The number of rotatable bonds is 3. The molecule has 18 heavy (non-hydrogen) atoms. The Bertz CT molecular complexity index is 566. The fourth-order valence-corrected chi connectivity index (χ4v) is 3.49. The van der Waals surface area contributed by atoms with Crippen molar-refractivity contribution in [2.24, 2.45) is 0 Å². The van der Waals surface area contributed by atoms with Gasteiger partial charge < -0.3 is 5.73 Å². The molecule has 0 atom stereocenters. The van der Waals surface area contributed by atoms with Gasteiger partial charge in [-0.15, -0.1) is 11.3 Å². The van der Waals surface area contributed by atoms with Crippen molar-refractivity contribution in [2.45, 2.75) is 19.8 Å². The molecule has 0 aliphatic heterocycles. The molecule has 0 saturated heterocycles. The number of thiophene rings is 1. The lowest BCUT2D eigenvalue weighted by molar-refractivity contribution is 0.870. The summed E-state index contributed by atoms with van der Waals surface area (Å²) in [5.41, 5.74) is 6.83. The standard InChI is InChI=1S/C11H10Br2ClN3S/c1-2-3-6-8(13)10(15)17-11(16-6)7-4-5(12)9(14)18-7/h4H,2-3H2,1H3,(H2,15,16,17). The molecule has 3 nitrogen and oxygen atoms in total. The molecule has 0 spiro atoms. The maximum absolute atomic E-state index is 6.03. The predicted octanol–water partition coefficient (Wildman–Crippen LogP) is 4.92. The predicted molar refractivity (Wildman–Crippen MR) is 84.2 cm³/mol. The number of hydrogen-bond acceptors (Lipinski definition) is 4. The third kappa shape index (κ3) is 2.87. The Balaban J connectivity index is 2.51. The van der Waals surface area contributed by atoms with Crippen LogP contribution in [0.15, 0.2) is 15.0 Å². The molecule has 0 aromatic carbocycles. The summed E-state index contributed by atoms with van der Waals surface area (Å²) < 4.78 is 2.33. The van der Waals surface area contributed by atoms with Crippen LogP contribution < -0.4 is 5.73 Å². The fraction of sp³-hybridized carbons (Fsp3) is 0.273. The second kappa shape index (κ2) is 5.86. The summed E-state index contributed by atoms with van der Waals surface area (Å²) in [4.78, 5) is 9.74. The van der Waals surface area contributed by atoms with E-state index in [1.165, 1.54) is 11.3 Å². The zero-order valence-corrected chi connectivity index (χ0v) is 14.2. The van der Waals surface area contributed by atoms with Crippen molar-refractivity contribution < 1.29 is 0 Å². The molecule has 0 amide bonds. The van der Waals surface area contributed by atoms with Crippen LogP contribution in [0, 0.1) is 0 Å². The molecule has 0 saturated carbocycles. The topological polar surface area (TPSA) is 51.8 Å². The molecule has 96 valence electrons. The van der Waals surface area contributed by atoms with E-state index in [4.69, 9.17) is 17.3 Å². The molecule has 7 heteroatoms. The first-order valence-electron chi connectivity index (χ1n) is 5.30. The molecular formula is C11H10Br2ClN3S. The van der Waals surface area contributed by atoms with Gasteiger partial charge in [0.2, 0.25) is 0 Å². The molecule has 0 aliphatic carbocycles. The summed E-state index contributed by atoms with van der Waals surface area (Å²) in [6, 6.07) is 1.91. The van der Waals surface area contributed by atoms with E-state index in [1.54, 1.807) is 0 Å². The number of anilines is 1. The van der Waals surface area contributed by atoms with Crippen molar-refractivity contribution in [3.05, 3.63) is 25.0 Å². The Morgan fingerprint density at radius 3 is 2.67 bits per heavy atom. The van der Waals surface area contributed by atoms with Crippen LogP contribution in [0.25, 0.3) is 10.7 Å². The van der Waals surface area contributed by atoms with E-state index in [2.05, 4.69) is 48.8 Å². The minimum Gasteiger partial charge on any atom is -0.383 e. The van der Waals surface area contributed by atoms with E-state index >= 15 is 0 Å². The lowest BCUT2D eigenvalue weighted by Gasteiger charge is -2.06. The van der Waals surface area contributed by atoms with Gasteiger partial charge in [-0.1, -0.05) is 24.9 Å². The second-order valence-electron chi connectivity index (χ2n) is 3.68. The van der Waals surface area contributed by atoms with Gasteiger partial charge in [0.05, 0.1) is 15.0 Å². The van der Waals surface area contributed by atoms with Crippen LogP contribution in [0.4, 0.5) is 5.82 Å². The summed E-state index contributed by atoms with van der Waals surface area (Å²) in [6.07, 6.45) is 1.87. The third-order valence-corrected chi connectivity index (χ3v) is 5.63. The maximum Gasteiger partial charge on any atom is 0.172 e. The number of nitrogens with two attached hydrogens (primary N) is 1. The van der Waals surface area contributed by atoms with E-state index in [0.29, 0.717) is 16.0 Å². The molecule has 2 rings (SSSR count). The van der Waals surface area contributed by atoms with E-state index in [1.807, 2.05) is 6.07 Å². The molecule has 2 aromatic rings. The van der Waals surface area contributed by atoms with Crippen LogP contribution in [0.5, 0.6) is 0 Å². The van der Waals surface area contributed by atoms with Crippen molar-refractivity contribution in [1.29, 1.82) is 0 Å². The van der Waals surface area contributed by atoms with Crippen molar-refractivity contribution in [3.8, 4) is 10.7 Å². The lowest BCUT2D eigenvalue weighted by atomic mass is 10.2. The Kier molecular flexibility index (Phi) is 4.64. The van der Waals surface area contributed by atoms with E-state index in [9.17, 15) is 0 Å². The number of halogens is 3. The molecule has 0 bridgehead atoms. The number of hydrogen-bond donors (Lipinski definition) is 1. The molecule has 2 N–H and O–H groups in total. The molecule has 2 aromatic heterocycles. The molecular weight excluding hydrogens is 401 g/mol. The van der Waals surface area contributed by atoms with Crippen LogP contribution in [-0.4, -0.2) is 9.97 Å². The monoisotopic (exact) mass is 409 g/mol. The van der Waals surface area contributed by atoms with Gasteiger partial charge in [0.15, 0.2) is 5.82 Å². The maximum atomic E-state index is 6.03. The van der Waals surface area contributed by atoms with Crippen molar-refractivity contribution in [1.82, 2.24) is 9.97 Å². The first-order valence-corrected chi connectivity index (χ1v) is 8.08. The number of nitrogen functional groups attached to an aromatic ring is 1. The number of aromatic nitrogens is 2. The Hall–Kier alpha value is -0.170. The molecule has 0 aliphatic rings. The molecule has 0 unspecified atom stereocenters. The van der Waals surface area contributed by atoms with Crippen molar-refractivity contribution in [2.75, 3.05) is 5.73 Å².